The van der Waals surface area contributed by atoms with E-state index in [1.165, 1.54) is 12.8 Å². The molecule has 1 atom stereocenters. The van der Waals surface area contributed by atoms with E-state index in [-0.39, 0.29) is 0 Å². The quantitative estimate of drug-likeness (QED) is 0.331. The zero-order chi connectivity index (χ0) is 6.69. The molecule has 1 aliphatic rings. The van der Waals surface area contributed by atoms with Crippen LogP contribution in [0.2, 0.25) is 5.54 Å². The summed E-state index contributed by atoms with van der Waals surface area (Å²) in [4.78, 5) is 0. The van der Waals surface area contributed by atoms with Crippen molar-refractivity contribution in [3.8, 4) is 0 Å². The van der Waals surface area contributed by atoms with Crippen LogP contribution >= 0.6 is 22.2 Å². The van der Waals surface area contributed by atoms with Crippen molar-refractivity contribution in [1.29, 1.82) is 0 Å². The molecule has 0 saturated heterocycles. The third kappa shape index (κ3) is 2.32. The summed E-state index contributed by atoms with van der Waals surface area (Å²) in [6, 6.07) is 0. The summed E-state index contributed by atoms with van der Waals surface area (Å²) in [5.41, 5.74) is 0.637. The van der Waals surface area contributed by atoms with Gasteiger partial charge in [-0.15, -0.1) is 0 Å². The molecule has 0 nitrogen and oxygen atoms in total. The molecule has 0 aliphatic heterocycles. The fraction of sp³-hybridized carbons (Fsp3) is 0.667. The van der Waals surface area contributed by atoms with E-state index >= 15 is 0 Å². The van der Waals surface area contributed by atoms with Gasteiger partial charge < -0.3 is 0 Å². The fourth-order valence-electron chi connectivity index (χ4n) is 1.05. The van der Waals surface area contributed by atoms with E-state index in [1.54, 1.807) is 0 Å². The standard InChI is InChI=1S/C6H10Cl2Si/c7-9(8)6-4-2-1-3-5-6/h1-2,6,9H,3-5H2. The molecule has 1 unspecified atom stereocenters. The Balaban J connectivity index is 2.35. The van der Waals surface area contributed by atoms with Gasteiger partial charge in [-0.2, -0.15) is 22.2 Å². The molecule has 0 fully saturated rings. The highest BCUT2D eigenvalue weighted by atomic mass is 35.7. The lowest BCUT2D eigenvalue weighted by Gasteiger charge is -2.16. The summed E-state index contributed by atoms with van der Waals surface area (Å²) in [6.07, 6.45) is 7.90. The van der Waals surface area contributed by atoms with Crippen LogP contribution in [-0.2, 0) is 0 Å². The van der Waals surface area contributed by atoms with Gasteiger partial charge in [-0.3, -0.25) is 0 Å². The average Bonchev–Trinajstić information content (AvgIpc) is 1.90. The monoisotopic (exact) mass is 180 g/mol. The lowest BCUT2D eigenvalue weighted by Crippen LogP contribution is -2.08. The lowest BCUT2D eigenvalue weighted by atomic mass is 10.1. The number of hydrogen-bond acceptors (Lipinski definition) is 0. The average molecular weight is 181 g/mol. The highest BCUT2D eigenvalue weighted by Gasteiger charge is 2.18. The van der Waals surface area contributed by atoms with Crippen molar-refractivity contribution in [1.82, 2.24) is 0 Å². The van der Waals surface area contributed by atoms with Gasteiger partial charge in [0.05, 0.1) is 0 Å². The van der Waals surface area contributed by atoms with Gasteiger partial charge in [0.15, 0.2) is 0 Å². The van der Waals surface area contributed by atoms with Crippen molar-refractivity contribution in [2.75, 3.05) is 0 Å². The third-order valence-electron chi connectivity index (χ3n) is 1.67. The zero-order valence-electron chi connectivity index (χ0n) is 5.19. The molecule has 1 rings (SSSR count). The Bertz CT molecular complexity index is 112. The van der Waals surface area contributed by atoms with Gasteiger partial charge in [0.2, 0.25) is 7.42 Å². The molecule has 0 amide bonds. The maximum Gasteiger partial charge on any atom is 0.240 e. The summed E-state index contributed by atoms with van der Waals surface area (Å²) in [5, 5.41) is 0. The maximum absolute atomic E-state index is 5.83. The normalized spacial score (nSPS) is 27.2. The van der Waals surface area contributed by atoms with E-state index in [0.29, 0.717) is 5.54 Å². The molecule has 0 aromatic heterocycles. The lowest BCUT2D eigenvalue weighted by molar-refractivity contribution is 0.723. The molecule has 0 heterocycles. The van der Waals surface area contributed by atoms with Gasteiger partial charge in [0.1, 0.15) is 0 Å². The fourth-order valence-corrected chi connectivity index (χ4v) is 3.23. The molecule has 9 heavy (non-hydrogen) atoms. The molecule has 1 aliphatic carbocycles. The van der Waals surface area contributed by atoms with Crippen LogP contribution in [0.1, 0.15) is 19.3 Å². The van der Waals surface area contributed by atoms with E-state index in [2.05, 4.69) is 12.2 Å². The van der Waals surface area contributed by atoms with Crippen LogP contribution in [0.15, 0.2) is 12.2 Å². The van der Waals surface area contributed by atoms with Crippen LogP contribution in [0.25, 0.3) is 0 Å². The molecule has 0 aromatic rings. The first kappa shape index (κ1) is 7.64. The van der Waals surface area contributed by atoms with Crippen LogP contribution < -0.4 is 0 Å². The van der Waals surface area contributed by atoms with Crippen LogP contribution in [0.5, 0.6) is 0 Å². The first-order chi connectivity index (χ1) is 4.30. The Morgan fingerprint density at radius 3 is 2.44 bits per heavy atom. The number of hydrogen-bond donors (Lipinski definition) is 0. The second-order valence-corrected chi connectivity index (χ2v) is 7.48. The Morgan fingerprint density at radius 2 is 2.11 bits per heavy atom. The Labute approximate surface area is 66.9 Å². The Hall–Kier alpha value is 0.537. The largest absolute Gasteiger partial charge is 0.240 e. The van der Waals surface area contributed by atoms with Crippen LogP contribution in [0, 0.1) is 0 Å². The first-order valence-corrected chi connectivity index (χ1v) is 7.39. The molecule has 0 radical (unpaired) electrons. The predicted octanol–water partition coefficient (Wildman–Crippen LogP) is 2.79. The Morgan fingerprint density at radius 1 is 1.33 bits per heavy atom. The summed E-state index contributed by atoms with van der Waals surface area (Å²) < 4.78 is 0. The molecule has 3 heteroatoms. The highest BCUT2D eigenvalue weighted by molar-refractivity contribution is 7.34. The second-order valence-electron chi connectivity index (χ2n) is 2.38. The molecule has 52 valence electrons. The molecule has 0 saturated carbocycles. The summed E-state index contributed by atoms with van der Waals surface area (Å²) in [6.45, 7) is 0. The minimum absolute atomic E-state index is 0.637. The van der Waals surface area contributed by atoms with Crippen molar-refractivity contribution >= 4 is 29.6 Å². The van der Waals surface area contributed by atoms with Crippen molar-refractivity contribution in [3.63, 3.8) is 0 Å². The molecule has 0 aromatic carbocycles. The van der Waals surface area contributed by atoms with E-state index in [0.717, 1.165) is 6.42 Å². The van der Waals surface area contributed by atoms with E-state index in [1.807, 2.05) is 0 Å². The Kier molecular flexibility index (Phi) is 3.09. The second kappa shape index (κ2) is 3.64. The minimum Gasteiger partial charge on any atom is -0.150 e. The summed E-state index contributed by atoms with van der Waals surface area (Å²) in [5.74, 6) is 0. The van der Waals surface area contributed by atoms with Crippen molar-refractivity contribution in [2.45, 2.75) is 24.8 Å². The van der Waals surface area contributed by atoms with Gasteiger partial charge in [-0.1, -0.05) is 12.2 Å². The van der Waals surface area contributed by atoms with Gasteiger partial charge >= 0.3 is 0 Å². The zero-order valence-corrected chi connectivity index (χ0v) is 7.85. The first-order valence-electron chi connectivity index (χ1n) is 3.24. The van der Waals surface area contributed by atoms with Gasteiger partial charge in [0, 0.05) is 0 Å². The molecular formula is C6H10Cl2Si. The number of rotatable bonds is 1. The van der Waals surface area contributed by atoms with Crippen LogP contribution in [0.4, 0.5) is 0 Å². The topological polar surface area (TPSA) is 0 Å². The SMILES string of the molecule is Cl[SiH](Cl)C1CC=CCC1. The van der Waals surface area contributed by atoms with Crippen molar-refractivity contribution in [2.24, 2.45) is 0 Å². The highest BCUT2D eigenvalue weighted by Crippen LogP contribution is 2.30. The summed E-state index contributed by atoms with van der Waals surface area (Å²) >= 11 is 11.7. The van der Waals surface area contributed by atoms with Gasteiger partial charge in [-0.25, -0.2) is 0 Å². The summed E-state index contributed by atoms with van der Waals surface area (Å²) in [7, 11) is -1.36. The maximum atomic E-state index is 5.83. The number of allylic oxidation sites excluding steroid dienone is 2. The van der Waals surface area contributed by atoms with Crippen LogP contribution in [-0.4, -0.2) is 7.42 Å². The smallest absolute Gasteiger partial charge is 0.150 e. The molecule has 0 N–H and O–H groups in total. The van der Waals surface area contributed by atoms with E-state index < -0.39 is 7.42 Å². The molecule has 0 spiro atoms. The van der Waals surface area contributed by atoms with E-state index in [9.17, 15) is 0 Å². The predicted molar refractivity (Wildman–Crippen MR) is 45.6 cm³/mol. The van der Waals surface area contributed by atoms with Gasteiger partial charge in [-0.05, 0) is 24.8 Å². The minimum atomic E-state index is -1.36. The van der Waals surface area contributed by atoms with Crippen molar-refractivity contribution < 1.29 is 0 Å². The van der Waals surface area contributed by atoms with E-state index in [4.69, 9.17) is 22.2 Å². The third-order valence-corrected chi connectivity index (χ3v) is 5.12. The molecule has 0 bridgehead atoms. The molecular weight excluding hydrogens is 171 g/mol. The van der Waals surface area contributed by atoms with Crippen LogP contribution in [0.3, 0.4) is 0 Å². The van der Waals surface area contributed by atoms with Crippen molar-refractivity contribution in [3.05, 3.63) is 12.2 Å². The van der Waals surface area contributed by atoms with Gasteiger partial charge in [0.25, 0.3) is 0 Å². The number of halogens is 2.